The molecule has 0 aromatic carbocycles. The Morgan fingerprint density at radius 2 is 2.47 bits per heavy atom. The molecule has 0 aliphatic carbocycles. The number of rotatable bonds is 1. The van der Waals surface area contributed by atoms with Gasteiger partial charge in [-0.1, -0.05) is 0 Å². The summed E-state index contributed by atoms with van der Waals surface area (Å²) in [7, 11) is 0. The van der Waals surface area contributed by atoms with Crippen LogP contribution in [0.25, 0.3) is 11.2 Å². The zero-order valence-corrected chi connectivity index (χ0v) is 9.26. The fourth-order valence-electron chi connectivity index (χ4n) is 2.01. The highest BCUT2D eigenvalue weighted by Crippen LogP contribution is 2.30. The van der Waals surface area contributed by atoms with Crippen molar-refractivity contribution in [1.82, 2.24) is 15.0 Å². The lowest BCUT2D eigenvalue weighted by atomic mass is 10.1. The molecule has 15 heavy (non-hydrogen) atoms. The molecule has 1 aliphatic rings. The van der Waals surface area contributed by atoms with Gasteiger partial charge in [0.1, 0.15) is 5.82 Å². The maximum atomic E-state index is 4.56. The topological polar surface area (TPSA) is 41.6 Å². The molecule has 2 aromatic heterocycles. The van der Waals surface area contributed by atoms with Crippen molar-refractivity contribution in [2.75, 3.05) is 11.5 Å². The van der Waals surface area contributed by atoms with E-state index in [1.807, 2.05) is 23.9 Å². The molecule has 1 N–H and O–H groups in total. The molecule has 3 heterocycles. The van der Waals surface area contributed by atoms with Gasteiger partial charge >= 0.3 is 0 Å². The number of nitrogens with one attached hydrogen (secondary N) is 1. The first-order valence-electron chi connectivity index (χ1n) is 5.32. The molecule has 1 unspecified atom stereocenters. The number of thioether (sulfide) groups is 1. The fraction of sp³-hybridized carbons (Fsp3) is 0.455. The number of nitrogens with zero attached hydrogens (tertiary/aromatic N) is 2. The number of pyridine rings is 1. The molecule has 0 bridgehead atoms. The second kappa shape index (κ2) is 3.85. The predicted molar refractivity (Wildman–Crippen MR) is 63.2 cm³/mol. The standard InChI is InChI=1S/C11H13N3S/c1-4-9-11(12-5-1)14-10(13-9)8-3-2-6-15-7-8/h1,4-5,8H,2-3,6-7H2,(H,12,13,14). The van der Waals surface area contributed by atoms with Crippen LogP contribution in [0, 0.1) is 0 Å². The Morgan fingerprint density at radius 3 is 3.27 bits per heavy atom. The van der Waals surface area contributed by atoms with Crippen molar-refractivity contribution in [2.24, 2.45) is 0 Å². The fourth-order valence-corrected chi connectivity index (χ4v) is 3.16. The Kier molecular flexibility index (Phi) is 2.37. The van der Waals surface area contributed by atoms with Gasteiger partial charge in [0.2, 0.25) is 0 Å². The number of imidazole rings is 1. The van der Waals surface area contributed by atoms with E-state index in [4.69, 9.17) is 0 Å². The quantitative estimate of drug-likeness (QED) is 0.801. The van der Waals surface area contributed by atoms with E-state index in [0.29, 0.717) is 5.92 Å². The lowest BCUT2D eigenvalue weighted by molar-refractivity contribution is 0.631. The third kappa shape index (κ3) is 1.74. The molecule has 0 spiro atoms. The summed E-state index contributed by atoms with van der Waals surface area (Å²) in [4.78, 5) is 12.2. The van der Waals surface area contributed by atoms with Crippen LogP contribution in [0.3, 0.4) is 0 Å². The molecule has 4 heteroatoms. The number of aromatic amines is 1. The Balaban J connectivity index is 1.96. The molecule has 0 radical (unpaired) electrons. The average Bonchev–Trinajstić information content (AvgIpc) is 2.74. The first-order chi connectivity index (χ1) is 7.43. The zero-order valence-electron chi connectivity index (χ0n) is 8.44. The van der Waals surface area contributed by atoms with Gasteiger partial charge in [-0.25, -0.2) is 9.97 Å². The van der Waals surface area contributed by atoms with E-state index in [9.17, 15) is 0 Å². The van der Waals surface area contributed by atoms with Crippen molar-refractivity contribution >= 4 is 22.9 Å². The van der Waals surface area contributed by atoms with Crippen LogP contribution in [0.2, 0.25) is 0 Å². The Hall–Kier alpha value is -1.03. The summed E-state index contributed by atoms with van der Waals surface area (Å²) in [6.07, 6.45) is 4.36. The van der Waals surface area contributed by atoms with Crippen molar-refractivity contribution < 1.29 is 0 Å². The first kappa shape index (κ1) is 9.21. The summed E-state index contributed by atoms with van der Waals surface area (Å²) in [6.45, 7) is 0. The van der Waals surface area contributed by atoms with Crippen LogP contribution < -0.4 is 0 Å². The monoisotopic (exact) mass is 219 g/mol. The van der Waals surface area contributed by atoms with Gasteiger partial charge in [0, 0.05) is 17.9 Å². The maximum absolute atomic E-state index is 4.56. The molecule has 0 amide bonds. The van der Waals surface area contributed by atoms with Crippen molar-refractivity contribution in [3.8, 4) is 0 Å². The number of fused-ring (bicyclic) bond motifs is 1. The minimum absolute atomic E-state index is 0.595. The molecular formula is C11H13N3S. The Labute approximate surface area is 92.7 Å². The van der Waals surface area contributed by atoms with Crippen LogP contribution >= 0.6 is 11.8 Å². The summed E-state index contributed by atoms with van der Waals surface area (Å²) >= 11 is 2.03. The maximum Gasteiger partial charge on any atom is 0.177 e. The van der Waals surface area contributed by atoms with E-state index >= 15 is 0 Å². The number of H-pyrrole nitrogens is 1. The minimum atomic E-state index is 0.595. The average molecular weight is 219 g/mol. The summed E-state index contributed by atoms with van der Waals surface area (Å²) in [5, 5.41) is 0. The molecule has 1 atom stereocenters. The largest absolute Gasteiger partial charge is 0.340 e. The third-order valence-corrected chi connectivity index (χ3v) is 4.04. The summed E-state index contributed by atoms with van der Waals surface area (Å²) < 4.78 is 0. The van der Waals surface area contributed by atoms with Crippen LogP contribution in [0.5, 0.6) is 0 Å². The molecule has 1 aliphatic heterocycles. The van der Waals surface area contributed by atoms with Gasteiger partial charge in [-0.15, -0.1) is 0 Å². The summed E-state index contributed by atoms with van der Waals surface area (Å²) in [6, 6.07) is 3.98. The Bertz CT molecular complexity index is 427. The number of hydrogen-bond donors (Lipinski definition) is 1. The van der Waals surface area contributed by atoms with Crippen LogP contribution in [0.1, 0.15) is 24.6 Å². The minimum Gasteiger partial charge on any atom is -0.340 e. The third-order valence-electron chi connectivity index (χ3n) is 2.82. The molecule has 3 nitrogen and oxygen atoms in total. The van der Waals surface area contributed by atoms with Crippen LogP contribution in [0.4, 0.5) is 0 Å². The molecule has 2 aromatic rings. The van der Waals surface area contributed by atoms with Gasteiger partial charge in [-0.3, -0.25) is 0 Å². The summed E-state index contributed by atoms with van der Waals surface area (Å²) in [5.74, 6) is 4.21. The van der Waals surface area contributed by atoms with Crippen molar-refractivity contribution in [3.05, 3.63) is 24.2 Å². The molecule has 1 saturated heterocycles. The van der Waals surface area contributed by atoms with Crippen molar-refractivity contribution in [3.63, 3.8) is 0 Å². The van der Waals surface area contributed by atoms with Crippen LogP contribution in [-0.4, -0.2) is 26.5 Å². The Morgan fingerprint density at radius 1 is 1.47 bits per heavy atom. The molecule has 78 valence electrons. The van der Waals surface area contributed by atoms with E-state index in [2.05, 4.69) is 15.0 Å². The first-order valence-corrected chi connectivity index (χ1v) is 6.47. The van der Waals surface area contributed by atoms with Crippen LogP contribution in [-0.2, 0) is 0 Å². The number of aromatic nitrogens is 3. The molecule has 1 fully saturated rings. The van der Waals surface area contributed by atoms with Crippen molar-refractivity contribution in [1.29, 1.82) is 0 Å². The van der Waals surface area contributed by atoms with E-state index in [0.717, 1.165) is 17.0 Å². The van der Waals surface area contributed by atoms with E-state index in [-0.39, 0.29) is 0 Å². The van der Waals surface area contributed by atoms with Crippen molar-refractivity contribution in [2.45, 2.75) is 18.8 Å². The van der Waals surface area contributed by atoms with E-state index in [1.54, 1.807) is 6.20 Å². The van der Waals surface area contributed by atoms with Gasteiger partial charge in [-0.05, 0) is 30.7 Å². The molecular weight excluding hydrogens is 206 g/mol. The second-order valence-corrected chi connectivity index (χ2v) is 5.06. The van der Waals surface area contributed by atoms with E-state index < -0.39 is 0 Å². The zero-order chi connectivity index (χ0) is 10.1. The lowest BCUT2D eigenvalue weighted by Crippen LogP contribution is -2.09. The highest BCUT2D eigenvalue weighted by Gasteiger charge is 2.19. The normalized spacial score (nSPS) is 22.0. The van der Waals surface area contributed by atoms with Gasteiger partial charge < -0.3 is 4.98 Å². The second-order valence-electron chi connectivity index (χ2n) is 3.91. The highest BCUT2D eigenvalue weighted by atomic mass is 32.2. The molecule has 3 rings (SSSR count). The smallest absolute Gasteiger partial charge is 0.177 e. The van der Waals surface area contributed by atoms with Gasteiger partial charge in [-0.2, -0.15) is 11.8 Å². The summed E-state index contributed by atoms with van der Waals surface area (Å²) in [5.41, 5.74) is 1.91. The predicted octanol–water partition coefficient (Wildman–Crippen LogP) is 2.57. The SMILES string of the molecule is c1cnc2nc(C3CCCSC3)[nH]c2c1. The van der Waals surface area contributed by atoms with Crippen LogP contribution in [0.15, 0.2) is 18.3 Å². The van der Waals surface area contributed by atoms with Gasteiger partial charge in [0.15, 0.2) is 5.65 Å². The highest BCUT2D eigenvalue weighted by molar-refractivity contribution is 7.99. The molecule has 0 saturated carbocycles. The van der Waals surface area contributed by atoms with Gasteiger partial charge in [0.05, 0.1) is 5.52 Å². The van der Waals surface area contributed by atoms with Gasteiger partial charge in [0.25, 0.3) is 0 Å². The van der Waals surface area contributed by atoms with E-state index in [1.165, 1.54) is 24.3 Å². The lowest BCUT2D eigenvalue weighted by Gasteiger charge is -2.18. The number of hydrogen-bond acceptors (Lipinski definition) is 3.